The minimum Gasteiger partial charge on any atom is -0.308 e. The van der Waals surface area contributed by atoms with Crippen LogP contribution < -0.4 is 5.32 Å². The maximum atomic E-state index is 4.17. The van der Waals surface area contributed by atoms with E-state index in [0.717, 1.165) is 30.2 Å². The molecule has 2 aromatic heterocycles. The van der Waals surface area contributed by atoms with Gasteiger partial charge in [0.2, 0.25) is 0 Å². The normalized spacial score (nSPS) is 10.9. The van der Waals surface area contributed by atoms with Crippen LogP contribution in [-0.2, 0) is 13.1 Å². The van der Waals surface area contributed by atoms with E-state index in [1.165, 1.54) is 11.1 Å². The quantitative estimate of drug-likeness (QED) is 0.727. The first-order valence-corrected chi connectivity index (χ1v) is 5.38. The molecule has 5 nitrogen and oxygen atoms in total. The van der Waals surface area contributed by atoms with Gasteiger partial charge in [-0.05, 0) is 20.8 Å². The standard InChI is InChI=1S/C11H17N5/c1-7-10(5-13-14-7)4-12-6-11-8(2)15-16-9(11)3/h5,12H,4,6H2,1-3H3,(H,13,14)(H,15,16). The molecule has 2 aromatic rings. The molecular weight excluding hydrogens is 202 g/mol. The lowest BCUT2D eigenvalue weighted by molar-refractivity contribution is 0.686. The maximum Gasteiger partial charge on any atom is 0.0638 e. The molecule has 0 amide bonds. The van der Waals surface area contributed by atoms with Crippen molar-refractivity contribution in [2.24, 2.45) is 0 Å². The second kappa shape index (κ2) is 4.49. The van der Waals surface area contributed by atoms with Gasteiger partial charge in [0, 0.05) is 35.6 Å². The first kappa shape index (κ1) is 10.9. The van der Waals surface area contributed by atoms with E-state index in [4.69, 9.17) is 0 Å². The van der Waals surface area contributed by atoms with Crippen molar-refractivity contribution in [2.45, 2.75) is 33.9 Å². The lowest BCUT2D eigenvalue weighted by atomic mass is 10.2. The van der Waals surface area contributed by atoms with Gasteiger partial charge in [-0.15, -0.1) is 0 Å². The summed E-state index contributed by atoms with van der Waals surface area (Å²) in [5.74, 6) is 0. The zero-order valence-electron chi connectivity index (χ0n) is 9.89. The fraction of sp³-hybridized carbons (Fsp3) is 0.455. The van der Waals surface area contributed by atoms with Gasteiger partial charge in [-0.3, -0.25) is 10.2 Å². The SMILES string of the molecule is Cc1n[nH]c(C)c1CNCc1cn[nH]c1C. The van der Waals surface area contributed by atoms with Crippen LogP contribution in [-0.4, -0.2) is 20.4 Å². The highest BCUT2D eigenvalue weighted by Crippen LogP contribution is 2.09. The van der Waals surface area contributed by atoms with Gasteiger partial charge in [-0.2, -0.15) is 10.2 Å². The molecule has 2 heterocycles. The highest BCUT2D eigenvalue weighted by molar-refractivity contribution is 5.23. The summed E-state index contributed by atoms with van der Waals surface area (Å²) in [6, 6.07) is 0. The minimum atomic E-state index is 0.826. The Morgan fingerprint density at radius 2 is 1.94 bits per heavy atom. The summed E-state index contributed by atoms with van der Waals surface area (Å²) in [7, 11) is 0. The van der Waals surface area contributed by atoms with E-state index < -0.39 is 0 Å². The molecule has 0 fully saturated rings. The minimum absolute atomic E-state index is 0.826. The van der Waals surface area contributed by atoms with Crippen LogP contribution in [0.5, 0.6) is 0 Å². The smallest absolute Gasteiger partial charge is 0.0638 e. The first-order valence-electron chi connectivity index (χ1n) is 5.38. The molecule has 0 aliphatic heterocycles. The summed E-state index contributed by atoms with van der Waals surface area (Å²) in [5.41, 5.74) is 5.77. The first-order chi connectivity index (χ1) is 7.68. The van der Waals surface area contributed by atoms with Crippen molar-refractivity contribution in [1.29, 1.82) is 0 Å². The van der Waals surface area contributed by atoms with Gasteiger partial charge in [0.05, 0.1) is 11.9 Å². The Bertz CT molecular complexity index is 449. The van der Waals surface area contributed by atoms with Crippen molar-refractivity contribution in [3.8, 4) is 0 Å². The highest BCUT2D eigenvalue weighted by Gasteiger charge is 2.06. The number of H-pyrrole nitrogens is 2. The molecule has 5 heteroatoms. The van der Waals surface area contributed by atoms with Crippen LogP contribution in [0.4, 0.5) is 0 Å². The van der Waals surface area contributed by atoms with Crippen LogP contribution in [0.25, 0.3) is 0 Å². The Kier molecular flexibility index (Phi) is 3.05. The van der Waals surface area contributed by atoms with Gasteiger partial charge >= 0.3 is 0 Å². The summed E-state index contributed by atoms with van der Waals surface area (Å²) in [6.07, 6.45) is 1.86. The summed E-state index contributed by atoms with van der Waals surface area (Å²) in [6.45, 7) is 7.74. The van der Waals surface area contributed by atoms with E-state index in [9.17, 15) is 0 Å². The zero-order chi connectivity index (χ0) is 11.5. The van der Waals surface area contributed by atoms with Crippen LogP contribution in [0.1, 0.15) is 28.2 Å². The fourth-order valence-electron chi connectivity index (χ4n) is 1.71. The van der Waals surface area contributed by atoms with Gasteiger partial charge in [-0.1, -0.05) is 0 Å². The van der Waals surface area contributed by atoms with Crippen LogP contribution in [0.3, 0.4) is 0 Å². The molecule has 16 heavy (non-hydrogen) atoms. The number of aryl methyl sites for hydroxylation is 3. The van der Waals surface area contributed by atoms with Gasteiger partial charge in [-0.25, -0.2) is 0 Å². The molecule has 86 valence electrons. The van der Waals surface area contributed by atoms with Crippen LogP contribution in [0.2, 0.25) is 0 Å². The van der Waals surface area contributed by atoms with Crippen molar-refractivity contribution in [1.82, 2.24) is 25.7 Å². The topological polar surface area (TPSA) is 69.4 Å². The number of hydrogen-bond acceptors (Lipinski definition) is 3. The second-order valence-electron chi connectivity index (χ2n) is 4.04. The molecule has 0 saturated heterocycles. The third kappa shape index (κ3) is 2.14. The molecule has 0 unspecified atom stereocenters. The third-order valence-corrected chi connectivity index (χ3v) is 2.83. The van der Waals surface area contributed by atoms with E-state index in [0.29, 0.717) is 0 Å². The number of aromatic amines is 2. The number of aromatic nitrogens is 4. The molecule has 0 aromatic carbocycles. The van der Waals surface area contributed by atoms with E-state index in [1.54, 1.807) is 0 Å². The number of hydrogen-bond donors (Lipinski definition) is 3. The molecule has 0 aliphatic rings. The van der Waals surface area contributed by atoms with E-state index in [-0.39, 0.29) is 0 Å². The number of nitrogens with zero attached hydrogens (tertiary/aromatic N) is 2. The second-order valence-corrected chi connectivity index (χ2v) is 4.04. The molecule has 0 atom stereocenters. The molecule has 0 saturated carbocycles. The third-order valence-electron chi connectivity index (χ3n) is 2.83. The Labute approximate surface area is 94.7 Å². The van der Waals surface area contributed by atoms with E-state index >= 15 is 0 Å². The largest absolute Gasteiger partial charge is 0.308 e. The number of nitrogens with one attached hydrogen (secondary N) is 3. The average molecular weight is 219 g/mol. The monoisotopic (exact) mass is 219 g/mol. The average Bonchev–Trinajstić information content (AvgIpc) is 2.79. The van der Waals surface area contributed by atoms with Crippen molar-refractivity contribution in [3.63, 3.8) is 0 Å². The fourth-order valence-corrected chi connectivity index (χ4v) is 1.71. The summed E-state index contributed by atoms with van der Waals surface area (Å²) < 4.78 is 0. The van der Waals surface area contributed by atoms with Crippen molar-refractivity contribution < 1.29 is 0 Å². The van der Waals surface area contributed by atoms with Gasteiger partial charge in [0.1, 0.15) is 0 Å². The van der Waals surface area contributed by atoms with Crippen molar-refractivity contribution in [3.05, 3.63) is 34.4 Å². The molecule has 3 N–H and O–H groups in total. The predicted octanol–water partition coefficient (Wildman–Crippen LogP) is 1.35. The highest BCUT2D eigenvalue weighted by atomic mass is 15.1. The lowest BCUT2D eigenvalue weighted by Gasteiger charge is -2.04. The van der Waals surface area contributed by atoms with E-state index in [2.05, 4.69) is 25.7 Å². The predicted molar refractivity (Wildman–Crippen MR) is 61.9 cm³/mol. The Morgan fingerprint density at radius 3 is 2.50 bits per heavy atom. The van der Waals surface area contributed by atoms with Crippen LogP contribution in [0, 0.1) is 20.8 Å². The molecule has 0 radical (unpaired) electrons. The zero-order valence-corrected chi connectivity index (χ0v) is 9.89. The molecule has 0 bridgehead atoms. The summed E-state index contributed by atoms with van der Waals surface area (Å²) >= 11 is 0. The molecule has 0 aliphatic carbocycles. The molecule has 0 spiro atoms. The van der Waals surface area contributed by atoms with Gasteiger partial charge in [0.25, 0.3) is 0 Å². The van der Waals surface area contributed by atoms with E-state index in [1.807, 2.05) is 27.0 Å². The molecule has 2 rings (SSSR count). The van der Waals surface area contributed by atoms with Crippen molar-refractivity contribution >= 4 is 0 Å². The van der Waals surface area contributed by atoms with Crippen molar-refractivity contribution in [2.75, 3.05) is 0 Å². The van der Waals surface area contributed by atoms with Gasteiger partial charge < -0.3 is 5.32 Å². The van der Waals surface area contributed by atoms with Crippen LogP contribution >= 0.6 is 0 Å². The molecular formula is C11H17N5. The van der Waals surface area contributed by atoms with Gasteiger partial charge in [0.15, 0.2) is 0 Å². The Morgan fingerprint density at radius 1 is 1.12 bits per heavy atom. The lowest BCUT2D eigenvalue weighted by Crippen LogP contribution is -2.13. The summed E-state index contributed by atoms with van der Waals surface area (Å²) in [5, 5.41) is 17.5. The van der Waals surface area contributed by atoms with Crippen LogP contribution in [0.15, 0.2) is 6.20 Å². The Hall–Kier alpha value is -1.62. The number of rotatable bonds is 4. The Balaban J connectivity index is 1.92. The summed E-state index contributed by atoms with van der Waals surface area (Å²) in [4.78, 5) is 0. The maximum absolute atomic E-state index is 4.17.